The number of benzene rings is 1. The van der Waals surface area contributed by atoms with Crippen LogP contribution in [0.25, 0.3) is 0 Å². The minimum Gasteiger partial charge on any atom is -0.493 e. The molecule has 1 rings (SSSR count). The van der Waals surface area contributed by atoms with Crippen LogP contribution in [0, 0.1) is 0 Å². The minimum absolute atomic E-state index is 0.224. The number of hydrogen-bond donors (Lipinski definition) is 1. The van der Waals surface area contributed by atoms with Crippen molar-refractivity contribution >= 4 is 23.7 Å². The fourth-order valence-corrected chi connectivity index (χ4v) is 1.87. The Morgan fingerprint density at radius 3 is 2.53 bits per heavy atom. The van der Waals surface area contributed by atoms with Crippen LogP contribution in [-0.2, 0) is 9.53 Å². The lowest BCUT2D eigenvalue weighted by Gasteiger charge is -2.06. The van der Waals surface area contributed by atoms with Crippen LogP contribution in [0.15, 0.2) is 24.3 Å². The van der Waals surface area contributed by atoms with Crippen LogP contribution in [0.2, 0.25) is 0 Å². The topological polar surface area (TPSA) is 72.8 Å². The number of thioether (sulfide) groups is 1. The summed E-state index contributed by atoms with van der Waals surface area (Å²) in [6.07, 6.45) is 0. The number of rotatable bonds is 8. The number of ether oxygens (including phenoxy) is 2. The van der Waals surface area contributed by atoms with Gasteiger partial charge in [0.2, 0.25) is 0 Å². The first-order valence-corrected chi connectivity index (χ1v) is 6.98. The van der Waals surface area contributed by atoms with Gasteiger partial charge in [-0.15, -0.1) is 11.8 Å². The summed E-state index contributed by atoms with van der Waals surface area (Å²) >= 11 is 1.43. The Hall–Kier alpha value is -1.69. The van der Waals surface area contributed by atoms with Crippen molar-refractivity contribution in [3.05, 3.63) is 29.8 Å². The van der Waals surface area contributed by atoms with Gasteiger partial charge in [0, 0.05) is 5.75 Å². The highest BCUT2D eigenvalue weighted by Crippen LogP contribution is 2.12. The molecule has 0 bridgehead atoms. The molecule has 0 aliphatic rings. The number of carboxylic acid groups (broad SMARTS) is 1. The predicted octanol–water partition coefficient (Wildman–Crippen LogP) is 2.06. The average Bonchev–Trinajstić information content (AvgIpc) is 2.39. The lowest BCUT2D eigenvalue weighted by Crippen LogP contribution is -2.09. The SMILES string of the molecule is CCOC(=O)CSCCOc1ccc(C(=O)O)cc1. The van der Waals surface area contributed by atoms with Gasteiger partial charge in [0.05, 0.1) is 24.5 Å². The molecule has 1 aromatic rings. The van der Waals surface area contributed by atoms with Crippen LogP contribution in [0.1, 0.15) is 17.3 Å². The Morgan fingerprint density at radius 2 is 1.95 bits per heavy atom. The van der Waals surface area contributed by atoms with E-state index in [2.05, 4.69) is 0 Å². The standard InChI is InChI=1S/C13H16O5S/c1-2-17-12(14)9-19-8-7-18-11-5-3-10(4-6-11)13(15)16/h3-6H,2,7-9H2,1H3,(H,15,16). The second kappa shape index (κ2) is 8.42. The molecular formula is C13H16O5S. The van der Waals surface area contributed by atoms with E-state index in [1.807, 2.05) is 0 Å². The van der Waals surface area contributed by atoms with Crippen molar-refractivity contribution in [3.63, 3.8) is 0 Å². The van der Waals surface area contributed by atoms with Crippen LogP contribution >= 0.6 is 11.8 Å². The first-order valence-electron chi connectivity index (χ1n) is 5.83. The van der Waals surface area contributed by atoms with E-state index in [1.54, 1.807) is 19.1 Å². The minimum atomic E-state index is -0.962. The fraction of sp³-hybridized carbons (Fsp3) is 0.385. The zero-order valence-corrected chi connectivity index (χ0v) is 11.4. The zero-order valence-electron chi connectivity index (χ0n) is 10.6. The summed E-state index contributed by atoms with van der Waals surface area (Å²) < 4.78 is 10.2. The van der Waals surface area contributed by atoms with Gasteiger partial charge in [-0.25, -0.2) is 4.79 Å². The van der Waals surface area contributed by atoms with E-state index in [4.69, 9.17) is 14.6 Å². The Balaban J connectivity index is 2.19. The summed E-state index contributed by atoms with van der Waals surface area (Å²) in [4.78, 5) is 21.7. The second-order valence-electron chi connectivity index (χ2n) is 3.54. The van der Waals surface area contributed by atoms with Crippen LogP contribution in [-0.4, -0.2) is 41.8 Å². The van der Waals surface area contributed by atoms with Crippen molar-refractivity contribution in [2.45, 2.75) is 6.92 Å². The van der Waals surface area contributed by atoms with E-state index in [-0.39, 0.29) is 11.5 Å². The maximum Gasteiger partial charge on any atom is 0.335 e. The highest BCUT2D eigenvalue weighted by Gasteiger charge is 2.03. The van der Waals surface area contributed by atoms with Crippen LogP contribution in [0.5, 0.6) is 5.75 Å². The molecule has 6 heteroatoms. The molecule has 0 aliphatic heterocycles. The van der Waals surface area contributed by atoms with E-state index in [0.717, 1.165) is 0 Å². The molecule has 0 unspecified atom stereocenters. The van der Waals surface area contributed by atoms with Crippen LogP contribution < -0.4 is 4.74 Å². The summed E-state index contributed by atoms with van der Waals surface area (Å²) in [7, 11) is 0. The van der Waals surface area contributed by atoms with Gasteiger partial charge in [0.1, 0.15) is 5.75 Å². The Morgan fingerprint density at radius 1 is 1.26 bits per heavy atom. The van der Waals surface area contributed by atoms with Gasteiger partial charge in [-0.3, -0.25) is 4.79 Å². The summed E-state index contributed by atoms with van der Waals surface area (Å²) in [5.41, 5.74) is 0.226. The molecular weight excluding hydrogens is 268 g/mol. The predicted molar refractivity (Wildman–Crippen MR) is 72.9 cm³/mol. The molecule has 0 radical (unpaired) electrons. The van der Waals surface area contributed by atoms with E-state index in [1.165, 1.54) is 23.9 Å². The molecule has 0 spiro atoms. The maximum atomic E-state index is 11.0. The molecule has 0 saturated carbocycles. The van der Waals surface area contributed by atoms with Crippen molar-refractivity contribution in [1.29, 1.82) is 0 Å². The lowest BCUT2D eigenvalue weighted by molar-refractivity contribution is -0.139. The molecule has 0 aliphatic carbocycles. The number of carboxylic acids is 1. The quantitative estimate of drug-likeness (QED) is 0.582. The first-order chi connectivity index (χ1) is 9.13. The van der Waals surface area contributed by atoms with E-state index in [0.29, 0.717) is 30.5 Å². The third-order valence-corrected chi connectivity index (χ3v) is 3.02. The largest absolute Gasteiger partial charge is 0.493 e. The van der Waals surface area contributed by atoms with Crippen molar-refractivity contribution in [2.75, 3.05) is 24.7 Å². The number of carbonyl (C=O) groups excluding carboxylic acids is 1. The highest BCUT2D eigenvalue weighted by atomic mass is 32.2. The number of carbonyl (C=O) groups is 2. The summed E-state index contributed by atoms with van der Waals surface area (Å²) in [5, 5.41) is 8.73. The molecule has 104 valence electrons. The molecule has 19 heavy (non-hydrogen) atoms. The van der Waals surface area contributed by atoms with Crippen LogP contribution in [0.4, 0.5) is 0 Å². The van der Waals surface area contributed by atoms with E-state index in [9.17, 15) is 9.59 Å². The van der Waals surface area contributed by atoms with Gasteiger partial charge in [0.25, 0.3) is 0 Å². The molecule has 1 N–H and O–H groups in total. The van der Waals surface area contributed by atoms with Crippen molar-refractivity contribution < 1.29 is 24.2 Å². The molecule has 0 amide bonds. The summed E-state index contributed by atoms with van der Waals surface area (Å²) in [5.74, 6) is 0.408. The third-order valence-electron chi connectivity index (χ3n) is 2.12. The maximum absolute atomic E-state index is 11.0. The summed E-state index contributed by atoms with van der Waals surface area (Å²) in [6, 6.07) is 6.20. The zero-order chi connectivity index (χ0) is 14.1. The molecule has 0 atom stereocenters. The van der Waals surface area contributed by atoms with E-state index >= 15 is 0 Å². The summed E-state index contributed by atoms with van der Waals surface area (Å²) in [6.45, 7) is 2.62. The molecule has 0 heterocycles. The van der Waals surface area contributed by atoms with Crippen molar-refractivity contribution in [1.82, 2.24) is 0 Å². The Bertz CT molecular complexity index is 416. The van der Waals surface area contributed by atoms with Crippen LogP contribution in [0.3, 0.4) is 0 Å². The molecule has 0 saturated heterocycles. The fourth-order valence-electron chi connectivity index (χ4n) is 1.27. The highest BCUT2D eigenvalue weighted by molar-refractivity contribution is 7.99. The van der Waals surface area contributed by atoms with Crippen molar-refractivity contribution in [2.24, 2.45) is 0 Å². The first kappa shape index (κ1) is 15.4. The molecule has 1 aromatic carbocycles. The van der Waals surface area contributed by atoms with Gasteiger partial charge in [-0.1, -0.05) is 0 Å². The Kier molecular flexibility index (Phi) is 6.81. The normalized spacial score (nSPS) is 9.95. The number of aromatic carboxylic acids is 1. The third kappa shape index (κ3) is 6.15. The van der Waals surface area contributed by atoms with Crippen molar-refractivity contribution in [3.8, 4) is 5.75 Å². The van der Waals surface area contributed by atoms with Gasteiger partial charge < -0.3 is 14.6 Å². The van der Waals surface area contributed by atoms with E-state index < -0.39 is 5.97 Å². The number of hydrogen-bond acceptors (Lipinski definition) is 5. The lowest BCUT2D eigenvalue weighted by atomic mass is 10.2. The average molecular weight is 284 g/mol. The number of esters is 1. The molecule has 0 fully saturated rings. The molecule has 5 nitrogen and oxygen atoms in total. The van der Waals surface area contributed by atoms with Gasteiger partial charge in [-0.05, 0) is 31.2 Å². The second-order valence-corrected chi connectivity index (χ2v) is 4.64. The monoisotopic (exact) mass is 284 g/mol. The van der Waals surface area contributed by atoms with Gasteiger partial charge in [-0.2, -0.15) is 0 Å². The van der Waals surface area contributed by atoms with Gasteiger partial charge >= 0.3 is 11.9 Å². The molecule has 0 aromatic heterocycles. The smallest absolute Gasteiger partial charge is 0.335 e. The van der Waals surface area contributed by atoms with Gasteiger partial charge in [0.15, 0.2) is 0 Å². The Labute approximate surface area is 115 Å².